The van der Waals surface area contributed by atoms with Crippen LogP contribution in [0.2, 0.25) is 0 Å². The Morgan fingerprint density at radius 1 is 1.09 bits per heavy atom. The number of rotatable bonds is 7. The van der Waals surface area contributed by atoms with E-state index in [2.05, 4.69) is 22.3 Å². The molecule has 0 unspecified atom stereocenters. The Morgan fingerprint density at radius 3 is 2.44 bits per heavy atom. The van der Waals surface area contributed by atoms with Crippen molar-refractivity contribution >= 4 is 27.6 Å². The van der Waals surface area contributed by atoms with E-state index >= 15 is 0 Å². The molecule has 1 aliphatic heterocycles. The quantitative estimate of drug-likeness (QED) is 0.481. The average molecular weight is 481 g/mol. The molecule has 0 spiro atoms. The van der Waals surface area contributed by atoms with Crippen LogP contribution in [-0.2, 0) is 16.6 Å². The van der Waals surface area contributed by atoms with Crippen molar-refractivity contribution in [3.8, 4) is 0 Å². The van der Waals surface area contributed by atoms with Gasteiger partial charge in [-0.05, 0) is 60.0 Å². The van der Waals surface area contributed by atoms with Crippen molar-refractivity contribution in [1.82, 2.24) is 9.21 Å². The molecule has 0 aliphatic carbocycles. The summed E-state index contributed by atoms with van der Waals surface area (Å²) >= 11 is 0. The zero-order chi connectivity index (χ0) is 24.3. The Hall–Kier alpha value is -3.07. The molecule has 2 N–H and O–H groups in total. The number of aryl methyl sites for hydroxylation is 1. The van der Waals surface area contributed by atoms with Crippen molar-refractivity contribution in [1.29, 1.82) is 5.41 Å². The first-order chi connectivity index (χ1) is 16.2. The van der Waals surface area contributed by atoms with Crippen LogP contribution in [0.4, 0.5) is 15.8 Å². The molecule has 6 nitrogen and oxygen atoms in total. The zero-order valence-electron chi connectivity index (χ0n) is 19.3. The van der Waals surface area contributed by atoms with Gasteiger partial charge in [0.15, 0.2) is 0 Å². The Balaban J connectivity index is 1.69. The summed E-state index contributed by atoms with van der Waals surface area (Å²) in [4.78, 5) is 2.31. The summed E-state index contributed by atoms with van der Waals surface area (Å²) in [5.41, 5.74) is 5.30. The van der Waals surface area contributed by atoms with Crippen molar-refractivity contribution < 1.29 is 12.8 Å². The minimum Gasteiger partial charge on any atom is -0.355 e. The van der Waals surface area contributed by atoms with E-state index < -0.39 is 10.0 Å². The Kier molecular flexibility index (Phi) is 7.11. The van der Waals surface area contributed by atoms with Gasteiger partial charge >= 0.3 is 0 Å². The maximum Gasteiger partial charge on any atom is 0.211 e. The summed E-state index contributed by atoms with van der Waals surface area (Å²) in [7, 11) is -3.33. The van der Waals surface area contributed by atoms with Crippen LogP contribution in [0.15, 0.2) is 66.7 Å². The number of benzene rings is 3. The van der Waals surface area contributed by atoms with E-state index in [9.17, 15) is 12.8 Å². The second-order valence-corrected chi connectivity index (χ2v) is 10.6. The number of anilines is 2. The van der Waals surface area contributed by atoms with E-state index in [4.69, 9.17) is 5.41 Å². The van der Waals surface area contributed by atoms with Gasteiger partial charge in [0.2, 0.25) is 10.0 Å². The number of nitrogens with one attached hydrogen (secondary N) is 2. The van der Waals surface area contributed by atoms with Crippen LogP contribution in [-0.4, -0.2) is 49.7 Å². The molecule has 4 rings (SSSR count). The van der Waals surface area contributed by atoms with Crippen molar-refractivity contribution in [3.63, 3.8) is 0 Å². The summed E-state index contributed by atoms with van der Waals surface area (Å²) in [6.45, 7) is 4.12. The Labute approximate surface area is 200 Å². The van der Waals surface area contributed by atoms with E-state index in [-0.39, 0.29) is 11.9 Å². The van der Waals surface area contributed by atoms with Gasteiger partial charge in [0.25, 0.3) is 0 Å². The first kappa shape index (κ1) is 24.1. The molecular formula is C26H29FN4O2S. The summed E-state index contributed by atoms with van der Waals surface area (Å²) in [5.74, 6) is -0.310. The fourth-order valence-corrected chi connectivity index (χ4v) is 5.24. The van der Waals surface area contributed by atoms with Crippen molar-refractivity contribution in [2.75, 3.05) is 31.2 Å². The summed E-state index contributed by atoms with van der Waals surface area (Å²) in [6, 6.07) is 20.0. The van der Waals surface area contributed by atoms with Crippen LogP contribution in [0.25, 0.3) is 0 Å². The smallest absolute Gasteiger partial charge is 0.211 e. The molecule has 178 valence electrons. The molecule has 0 bridgehead atoms. The number of halogens is 1. The SMILES string of the molecule is Cc1cc(Nc2ccc(F)cc2)c(C=N)cc1[C@@H]1CN(S(C)(=O)=O)CCN1Cc1ccccc1. The standard InChI is InChI=1S/C26H29FN4O2S/c1-19-14-25(29-23-10-8-22(27)9-11-23)21(16-28)15-24(19)26-18-31(34(2,32)33)13-12-30(26)17-20-6-4-3-5-7-20/h3-11,14-16,26,28-29H,12-13,17-18H2,1-2H3/t26-/m0/s1. The van der Waals surface area contributed by atoms with Gasteiger partial charge < -0.3 is 10.7 Å². The van der Waals surface area contributed by atoms with Crippen LogP contribution >= 0.6 is 0 Å². The summed E-state index contributed by atoms with van der Waals surface area (Å²) in [6.07, 6.45) is 2.54. The predicted octanol–water partition coefficient (Wildman–Crippen LogP) is 4.69. The lowest BCUT2D eigenvalue weighted by atomic mass is 9.94. The Bertz CT molecular complexity index is 1260. The highest BCUT2D eigenvalue weighted by molar-refractivity contribution is 7.88. The highest BCUT2D eigenvalue weighted by Gasteiger charge is 2.33. The topological polar surface area (TPSA) is 76.5 Å². The largest absolute Gasteiger partial charge is 0.355 e. The Morgan fingerprint density at radius 2 is 1.79 bits per heavy atom. The van der Waals surface area contributed by atoms with Gasteiger partial charge in [0.05, 0.1) is 6.26 Å². The molecule has 1 aliphatic rings. The molecule has 1 heterocycles. The number of nitrogens with zero attached hydrogens (tertiary/aromatic N) is 2. The van der Waals surface area contributed by atoms with Gasteiger partial charge in [-0.1, -0.05) is 30.3 Å². The first-order valence-electron chi connectivity index (χ1n) is 11.2. The van der Waals surface area contributed by atoms with Crippen LogP contribution in [0.5, 0.6) is 0 Å². The maximum absolute atomic E-state index is 13.3. The van der Waals surface area contributed by atoms with E-state index in [0.29, 0.717) is 31.7 Å². The van der Waals surface area contributed by atoms with Gasteiger partial charge in [0, 0.05) is 55.4 Å². The van der Waals surface area contributed by atoms with Gasteiger partial charge in [-0.15, -0.1) is 0 Å². The molecule has 1 atom stereocenters. The van der Waals surface area contributed by atoms with Gasteiger partial charge in [-0.25, -0.2) is 12.8 Å². The molecule has 0 aromatic heterocycles. The van der Waals surface area contributed by atoms with E-state index in [1.165, 1.54) is 34.5 Å². The highest BCUT2D eigenvalue weighted by atomic mass is 32.2. The predicted molar refractivity (Wildman–Crippen MR) is 135 cm³/mol. The molecule has 0 radical (unpaired) electrons. The molecule has 0 amide bonds. The molecule has 34 heavy (non-hydrogen) atoms. The minimum atomic E-state index is -3.33. The molecule has 3 aromatic rings. The van der Waals surface area contributed by atoms with Crippen LogP contribution in [0, 0.1) is 18.2 Å². The molecular weight excluding hydrogens is 451 g/mol. The zero-order valence-corrected chi connectivity index (χ0v) is 20.1. The van der Waals surface area contributed by atoms with E-state index in [1.807, 2.05) is 37.3 Å². The minimum absolute atomic E-state index is 0.151. The second-order valence-electron chi connectivity index (χ2n) is 8.67. The molecule has 3 aromatic carbocycles. The molecule has 8 heteroatoms. The van der Waals surface area contributed by atoms with Crippen molar-refractivity contribution in [2.24, 2.45) is 0 Å². The lowest BCUT2D eigenvalue weighted by molar-refractivity contribution is 0.111. The average Bonchev–Trinajstić information content (AvgIpc) is 2.81. The molecule has 1 fully saturated rings. The van der Waals surface area contributed by atoms with E-state index in [1.54, 1.807) is 12.1 Å². The number of hydrogen-bond donors (Lipinski definition) is 2. The fourth-order valence-electron chi connectivity index (χ4n) is 4.42. The third kappa shape index (κ3) is 5.52. The number of hydrogen-bond acceptors (Lipinski definition) is 5. The van der Waals surface area contributed by atoms with E-state index in [0.717, 1.165) is 22.5 Å². The molecule has 1 saturated heterocycles. The monoisotopic (exact) mass is 480 g/mol. The lowest BCUT2D eigenvalue weighted by Gasteiger charge is -2.41. The van der Waals surface area contributed by atoms with Crippen molar-refractivity contribution in [2.45, 2.75) is 19.5 Å². The van der Waals surface area contributed by atoms with Gasteiger partial charge in [-0.3, -0.25) is 4.90 Å². The van der Waals surface area contributed by atoms with Crippen LogP contribution in [0.3, 0.4) is 0 Å². The summed E-state index contributed by atoms with van der Waals surface area (Å²) < 4.78 is 39.5. The lowest BCUT2D eigenvalue weighted by Crippen LogP contribution is -2.49. The first-order valence-corrected chi connectivity index (χ1v) is 13.0. The fraction of sp³-hybridized carbons (Fsp3) is 0.269. The number of piperazine rings is 1. The summed E-state index contributed by atoms with van der Waals surface area (Å²) in [5, 5.41) is 11.3. The number of sulfonamides is 1. The van der Waals surface area contributed by atoms with Gasteiger partial charge in [-0.2, -0.15) is 4.31 Å². The maximum atomic E-state index is 13.3. The normalized spacial score (nSPS) is 17.4. The second kappa shape index (κ2) is 10.0. The van der Waals surface area contributed by atoms with Crippen molar-refractivity contribution in [3.05, 3.63) is 94.8 Å². The third-order valence-corrected chi connectivity index (χ3v) is 7.50. The van der Waals surface area contributed by atoms with Crippen LogP contribution < -0.4 is 5.32 Å². The third-order valence-electron chi connectivity index (χ3n) is 6.23. The van der Waals surface area contributed by atoms with Gasteiger partial charge in [0.1, 0.15) is 5.82 Å². The highest BCUT2D eigenvalue weighted by Crippen LogP contribution is 2.34. The van der Waals surface area contributed by atoms with Crippen LogP contribution in [0.1, 0.15) is 28.3 Å². The molecule has 0 saturated carbocycles.